The van der Waals surface area contributed by atoms with Gasteiger partial charge in [-0.05, 0) is 46.5 Å². The third kappa shape index (κ3) is 3.46. The summed E-state index contributed by atoms with van der Waals surface area (Å²) < 4.78 is 32.4. The van der Waals surface area contributed by atoms with E-state index in [1.807, 2.05) is 0 Å². The van der Waals surface area contributed by atoms with Crippen molar-refractivity contribution in [3.05, 3.63) is 22.7 Å². The van der Waals surface area contributed by atoms with Gasteiger partial charge >= 0.3 is 0 Å². The van der Waals surface area contributed by atoms with Gasteiger partial charge in [0, 0.05) is 6.54 Å². The maximum absolute atomic E-state index is 12.0. The van der Waals surface area contributed by atoms with Crippen LogP contribution >= 0.6 is 15.9 Å². The summed E-state index contributed by atoms with van der Waals surface area (Å²) >= 11 is 3.28. The fourth-order valence-corrected chi connectivity index (χ4v) is 3.47. The Morgan fingerprint density at radius 1 is 1.44 bits per heavy atom. The predicted octanol–water partition coefficient (Wildman–Crippen LogP) is 2.54. The first-order valence-corrected chi connectivity index (χ1v) is 8.14. The van der Waals surface area contributed by atoms with E-state index in [0.717, 1.165) is 12.3 Å². The van der Waals surface area contributed by atoms with Crippen LogP contribution in [0.1, 0.15) is 19.3 Å². The molecule has 1 N–H and O–H groups in total. The predicted molar refractivity (Wildman–Crippen MR) is 73.2 cm³/mol. The quantitative estimate of drug-likeness (QED) is 0.870. The van der Waals surface area contributed by atoms with Crippen molar-refractivity contribution in [1.82, 2.24) is 4.72 Å². The first kappa shape index (κ1) is 13.8. The molecule has 0 radical (unpaired) electrons. The second-order valence-corrected chi connectivity index (χ2v) is 7.05. The van der Waals surface area contributed by atoms with Crippen molar-refractivity contribution in [2.24, 2.45) is 5.92 Å². The van der Waals surface area contributed by atoms with Crippen molar-refractivity contribution < 1.29 is 13.2 Å². The van der Waals surface area contributed by atoms with E-state index in [4.69, 9.17) is 4.74 Å². The molecule has 1 fully saturated rings. The van der Waals surface area contributed by atoms with Crippen LogP contribution in [0.2, 0.25) is 0 Å². The van der Waals surface area contributed by atoms with Crippen LogP contribution in [0.15, 0.2) is 27.6 Å². The fourth-order valence-electron chi connectivity index (χ4n) is 1.70. The Balaban J connectivity index is 2.05. The van der Waals surface area contributed by atoms with Gasteiger partial charge in [0.1, 0.15) is 5.75 Å². The summed E-state index contributed by atoms with van der Waals surface area (Å²) in [7, 11) is -1.87. The number of sulfonamides is 1. The number of rotatable bonds is 6. The summed E-state index contributed by atoms with van der Waals surface area (Å²) in [5, 5.41) is 0. The maximum atomic E-state index is 12.0. The lowest BCUT2D eigenvalue weighted by Crippen LogP contribution is -2.25. The Bertz CT molecular complexity index is 526. The van der Waals surface area contributed by atoms with Gasteiger partial charge in [-0.3, -0.25) is 0 Å². The summed E-state index contributed by atoms with van der Waals surface area (Å²) in [5.74, 6) is 1.34. The van der Waals surface area contributed by atoms with E-state index < -0.39 is 10.0 Å². The molecule has 1 aromatic carbocycles. The smallest absolute Gasteiger partial charge is 0.240 e. The van der Waals surface area contributed by atoms with Gasteiger partial charge in [0.2, 0.25) is 10.0 Å². The highest BCUT2D eigenvalue weighted by molar-refractivity contribution is 9.10. The average Bonchev–Trinajstić information content (AvgIpc) is 3.12. The lowest BCUT2D eigenvalue weighted by atomic mass is 10.3. The first-order valence-electron chi connectivity index (χ1n) is 5.86. The third-order valence-corrected chi connectivity index (χ3v) is 5.05. The van der Waals surface area contributed by atoms with E-state index in [-0.39, 0.29) is 4.90 Å². The summed E-state index contributed by atoms with van der Waals surface area (Å²) in [4.78, 5) is 0.256. The lowest BCUT2D eigenvalue weighted by Gasteiger charge is -2.08. The standard InChI is InChI=1S/C12H16BrNO3S/c1-17-12-5-4-10(8-11(12)13)18(15,16)14-7-6-9-2-3-9/h4-5,8-9,14H,2-3,6-7H2,1H3. The van der Waals surface area contributed by atoms with Crippen molar-refractivity contribution in [2.45, 2.75) is 24.2 Å². The van der Waals surface area contributed by atoms with Crippen molar-refractivity contribution in [3.8, 4) is 5.75 Å². The highest BCUT2D eigenvalue weighted by Crippen LogP contribution is 2.32. The largest absolute Gasteiger partial charge is 0.496 e. The van der Waals surface area contributed by atoms with Crippen molar-refractivity contribution in [3.63, 3.8) is 0 Å². The van der Waals surface area contributed by atoms with Crippen LogP contribution in [0.25, 0.3) is 0 Å². The van der Waals surface area contributed by atoms with Crippen LogP contribution in [-0.2, 0) is 10.0 Å². The minimum Gasteiger partial charge on any atom is -0.496 e. The minimum atomic E-state index is -3.41. The molecule has 0 aliphatic heterocycles. The Hall–Kier alpha value is -0.590. The molecule has 0 atom stereocenters. The highest BCUT2D eigenvalue weighted by atomic mass is 79.9. The van der Waals surface area contributed by atoms with E-state index in [0.29, 0.717) is 16.8 Å². The number of hydrogen-bond acceptors (Lipinski definition) is 3. The van der Waals surface area contributed by atoms with Gasteiger partial charge < -0.3 is 4.74 Å². The molecular formula is C12H16BrNO3S. The molecule has 0 saturated heterocycles. The molecule has 0 bridgehead atoms. The lowest BCUT2D eigenvalue weighted by molar-refractivity contribution is 0.411. The van der Waals surface area contributed by atoms with E-state index >= 15 is 0 Å². The normalized spacial score (nSPS) is 15.7. The van der Waals surface area contributed by atoms with E-state index in [1.165, 1.54) is 12.8 Å². The fraction of sp³-hybridized carbons (Fsp3) is 0.500. The maximum Gasteiger partial charge on any atom is 0.240 e. The SMILES string of the molecule is COc1ccc(S(=O)(=O)NCCC2CC2)cc1Br. The Labute approximate surface area is 116 Å². The van der Waals surface area contributed by atoms with Gasteiger partial charge in [-0.2, -0.15) is 0 Å². The molecule has 100 valence electrons. The molecule has 6 heteroatoms. The van der Waals surface area contributed by atoms with Crippen LogP contribution in [0.3, 0.4) is 0 Å². The zero-order valence-corrected chi connectivity index (χ0v) is 12.6. The number of ether oxygens (including phenoxy) is 1. The number of hydrogen-bond donors (Lipinski definition) is 1. The second kappa shape index (κ2) is 5.59. The van der Waals surface area contributed by atoms with Crippen LogP contribution in [0, 0.1) is 5.92 Å². The third-order valence-electron chi connectivity index (χ3n) is 2.98. The number of benzene rings is 1. The molecule has 0 heterocycles. The molecule has 2 rings (SSSR count). The van der Waals surface area contributed by atoms with Crippen molar-refractivity contribution in [2.75, 3.05) is 13.7 Å². The van der Waals surface area contributed by atoms with Gasteiger partial charge in [-0.1, -0.05) is 12.8 Å². The van der Waals surface area contributed by atoms with Gasteiger partial charge in [-0.25, -0.2) is 13.1 Å². The zero-order chi connectivity index (χ0) is 13.2. The van der Waals surface area contributed by atoms with Gasteiger partial charge in [-0.15, -0.1) is 0 Å². The van der Waals surface area contributed by atoms with E-state index in [9.17, 15) is 8.42 Å². The molecule has 0 unspecified atom stereocenters. The molecule has 1 aromatic rings. The number of nitrogens with one attached hydrogen (secondary N) is 1. The molecule has 1 aliphatic rings. The molecule has 0 amide bonds. The molecule has 1 aliphatic carbocycles. The molecule has 4 nitrogen and oxygen atoms in total. The summed E-state index contributed by atoms with van der Waals surface area (Å²) in [6.45, 7) is 0.511. The topological polar surface area (TPSA) is 55.4 Å². The van der Waals surface area contributed by atoms with E-state index in [2.05, 4.69) is 20.7 Å². The summed E-state index contributed by atoms with van der Waals surface area (Å²) in [6, 6.07) is 4.74. The zero-order valence-electron chi connectivity index (χ0n) is 10.1. The van der Waals surface area contributed by atoms with Crippen molar-refractivity contribution >= 4 is 26.0 Å². The monoisotopic (exact) mass is 333 g/mol. The van der Waals surface area contributed by atoms with Gasteiger partial charge in [0.15, 0.2) is 0 Å². The number of methoxy groups -OCH3 is 1. The minimum absolute atomic E-state index is 0.256. The second-order valence-electron chi connectivity index (χ2n) is 4.43. The van der Waals surface area contributed by atoms with E-state index in [1.54, 1.807) is 25.3 Å². The molecular weight excluding hydrogens is 318 g/mol. The van der Waals surface area contributed by atoms with Crippen LogP contribution in [-0.4, -0.2) is 22.1 Å². The van der Waals surface area contributed by atoms with Gasteiger partial charge in [0.25, 0.3) is 0 Å². The van der Waals surface area contributed by atoms with Crippen LogP contribution < -0.4 is 9.46 Å². The van der Waals surface area contributed by atoms with Gasteiger partial charge in [0.05, 0.1) is 16.5 Å². The highest BCUT2D eigenvalue weighted by Gasteiger charge is 2.22. The summed E-state index contributed by atoms with van der Waals surface area (Å²) in [5.41, 5.74) is 0. The molecule has 0 aromatic heterocycles. The van der Waals surface area contributed by atoms with Crippen molar-refractivity contribution in [1.29, 1.82) is 0 Å². The molecule has 0 spiro atoms. The average molecular weight is 334 g/mol. The Morgan fingerprint density at radius 3 is 2.72 bits per heavy atom. The Morgan fingerprint density at radius 2 is 2.17 bits per heavy atom. The first-order chi connectivity index (χ1) is 8.53. The Kier molecular flexibility index (Phi) is 4.29. The molecule has 18 heavy (non-hydrogen) atoms. The number of halogens is 1. The summed E-state index contributed by atoms with van der Waals surface area (Å²) in [6.07, 6.45) is 3.39. The van der Waals surface area contributed by atoms with Crippen LogP contribution in [0.5, 0.6) is 5.75 Å². The molecule has 1 saturated carbocycles. The van der Waals surface area contributed by atoms with Crippen LogP contribution in [0.4, 0.5) is 0 Å².